The van der Waals surface area contributed by atoms with Crippen molar-refractivity contribution in [3.8, 4) is 0 Å². The average molecular weight is 228 g/mol. The molecule has 2 rings (SSSR count). The molecule has 2 heteroatoms. The molecule has 0 aliphatic heterocycles. The van der Waals surface area contributed by atoms with Crippen LogP contribution in [-0.2, 0) is 6.42 Å². The fraction of sp³-hybridized carbons (Fsp3) is 0.333. The van der Waals surface area contributed by atoms with Gasteiger partial charge in [-0.1, -0.05) is 42.5 Å². The molecule has 0 unspecified atom stereocenters. The summed E-state index contributed by atoms with van der Waals surface area (Å²) >= 11 is 0. The van der Waals surface area contributed by atoms with Crippen LogP contribution in [0.4, 0.5) is 0 Å². The maximum atomic E-state index is 5.56. The number of benzene rings is 2. The summed E-state index contributed by atoms with van der Waals surface area (Å²) < 4.78 is 0. The lowest BCUT2D eigenvalue weighted by atomic mass is 10.1. The van der Waals surface area contributed by atoms with Gasteiger partial charge in [0, 0.05) is 12.6 Å². The van der Waals surface area contributed by atoms with E-state index in [1.165, 1.54) is 16.3 Å². The second-order valence-corrected chi connectivity index (χ2v) is 4.52. The van der Waals surface area contributed by atoms with Gasteiger partial charge >= 0.3 is 0 Å². The van der Waals surface area contributed by atoms with Crippen LogP contribution in [0.2, 0.25) is 0 Å². The van der Waals surface area contributed by atoms with Gasteiger partial charge in [0.1, 0.15) is 0 Å². The van der Waals surface area contributed by atoms with E-state index >= 15 is 0 Å². The van der Waals surface area contributed by atoms with E-state index in [0.29, 0.717) is 12.6 Å². The number of nitrogens with one attached hydrogen (secondary N) is 1. The predicted molar refractivity (Wildman–Crippen MR) is 74.2 cm³/mol. The summed E-state index contributed by atoms with van der Waals surface area (Å²) in [5.41, 5.74) is 6.94. The minimum absolute atomic E-state index is 0.399. The average Bonchev–Trinajstić information content (AvgIpc) is 2.38. The van der Waals surface area contributed by atoms with Crippen molar-refractivity contribution < 1.29 is 0 Å². The third kappa shape index (κ3) is 3.29. The molecule has 0 aliphatic carbocycles. The molecule has 17 heavy (non-hydrogen) atoms. The van der Waals surface area contributed by atoms with Gasteiger partial charge in [0.15, 0.2) is 0 Å². The van der Waals surface area contributed by atoms with Gasteiger partial charge in [-0.3, -0.25) is 0 Å². The quantitative estimate of drug-likeness (QED) is 0.824. The Morgan fingerprint density at radius 2 is 1.88 bits per heavy atom. The summed E-state index contributed by atoms with van der Waals surface area (Å²) in [6.07, 6.45) is 1.05. The Labute approximate surface area is 103 Å². The molecule has 0 heterocycles. The molecule has 2 nitrogen and oxygen atoms in total. The third-order valence-corrected chi connectivity index (χ3v) is 3.07. The van der Waals surface area contributed by atoms with Crippen molar-refractivity contribution in [2.75, 3.05) is 13.1 Å². The predicted octanol–water partition coefficient (Wildman–Crippen LogP) is 2.32. The van der Waals surface area contributed by atoms with Crippen LogP contribution < -0.4 is 11.1 Å². The molecule has 2 aromatic carbocycles. The van der Waals surface area contributed by atoms with Crippen molar-refractivity contribution in [1.82, 2.24) is 5.32 Å². The van der Waals surface area contributed by atoms with E-state index in [9.17, 15) is 0 Å². The van der Waals surface area contributed by atoms with Gasteiger partial charge in [0.25, 0.3) is 0 Å². The van der Waals surface area contributed by atoms with Gasteiger partial charge in [-0.05, 0) is 36.2 Å². The molecule has 0 amide bonds. The Balaban J connectivity index is 1.99. The van der Waals surface area contributed by atoms with E-state index in [4.69, 9.17) is 5.73 Å². The van der Waals surface area contributed by atoms with Gasteiger partial charge in [0.2, 0.25) is 0 Å². The zero-order valence-electron chi connectivity index (χ0n) is 10.3. The van der Waals surface area contributed by atoms with Crippen LogP contribution in [-0.4, -0.2) is 19.1 Å². The van der Waals surface area contributed by atoms with Crippen LogP contribution in [0.1, 0.15) is 12.5 Å². The van der Waals surface area contributed by atoms with Gasteiger partial charge in [-0.15, -0.1) is 0 Å². The van der Waals surface area contributed by atoms with Gasteiger partial charge in [-0.2, -0.15) is 0 Å². The molecule has 0 bridgehead atoms. The van der Waals surface area contributed by atoms with Crippen molar-refractivity contribution in [1.29, 1.82) is 0 Å². The standard InChI is InChI=1S/C15H20N2/c1-12(11-16)17-9-8-13-6-7-14-4-2-3-5-15(14)10-13/h2-7,10,12,17H,8-9,11,16H2,1H3/t12-/m0/s1. The highest BCUT2D eigenvalue weighted by atomic mass is 14.9. The highest BCUT2D eigenvalue weighted by Gasteiger charge is 1.99. The smallest absolute Gasteiger partial charge is 0.0162 e. The Morgan fingerprint density at radius 1 is 1.12 bits per heavy atom. The summed E-state index contributed by atoms with van der Waals surface area (Å²) in [6.45, 7) is 3.79. The molecule has 3 N–H and O–H groups in total. The first-order valence-corrected chi connectivity index (χ1v) is 6.21. The lowest BCUT2D eigenvalue weighted by Gasteiger charge is -2.11. The fourth-order valence-corrected chi connectivity index (χ4v) is 1.94. The Morgan fingerprint density at radius 3 is 2.65 bits per heavy atom. The molecule has 0 radical (unpaired) electrons. The maximum Gasteiger partial charge on any atom is 0.0162 e. The lowest BCUT2D eigenvalue weighted by molar-refractivity contribution is 0.559. The van der Waals surface area contributed by atoms with Crippen LogP contribution in [0.15, 0.2) is 42.5 Å². The topological polar surface area (TPSA) is 38.0 Å². The molecule has 2 aromatic rings. The van der Waals surface area contributed by atoms with Crippen LogP contribution >= 0.6 is 0 Å². The summed E-state index contributed by atoms with van der Waals surface area (Å²) in [7, 11) is 0. The monoisotopic (exact) mass is 228 g/mol. The highest BCUT2D eigenvalue weighted by molar-refractivity contribution is 5.82. The minimum Gasteiger partial charge on any atom is -0.329 e. The van der Waals surface area contributed by atoms with Crippen molar-refractivity contribution in [3.63, 3.8) is 0 Å². The Bertz CT molecular complexity index is 479. The van der Waals surface area contributed by atoms with Crippen molar-refractivity contribution in [2.45, 2.75) is 19.4 Å². The second kappa shape index (κ2) is 5.80. The van der Waals surface area contributed by atoms with Gasteiger partial charge in [-0.25, -0.2) is 0 Å². The SMILES string of the molecule is C[C@@H](CN)NCCc1ccc2ccccc2c1. The third-order valence-electron chi connectivity index (χ3n) is 3.07. The van der Waals surface area contributed by atoms with E-state index in [1.807, 2.05) is 0 Å². The molecule has 0 aromatic heterocycles. The molecule has 1 atom stereocenters. The van der Waals surface area contributed by atoms with E-state index in [2.05, 4.69) is 54.7 Å². The number of hydrogen-bond acceptors (Lipinski definition) is 2. The highest BCUT2D eigenvalue weighted by Crippen LogP contribution is 2.15. The molecule has 0 spiro atoms. The minimum atomic E-state index is 0.399. The normalized spacial score (nSPS) is 12.8. The summed E-state index contributed by atoms with van der Waals surface area (Å²) in [5.74, 6) is 0. The van der Waals surface area contributed by atoms with Crippen molar-refractivity contribution in [3.05, 3.63) is 48.0 Å². The van der Waals surface area contributed by atoms with Crippen molar-refractivity contribution >= 4 is 10.8 Å². The fourth-order valence-electron chi connectivity index (χ4n) is 1.94. The largest absolute Gasteiger partial charge is 0.329 e. The molecule has 0 saturated heterocycles. The van der Waals surface area contributed by atoms with E-state index < -0.39 is 0 Å². The molecule has 90 valence electrons. The first kappa shape index (κ1) is 12.1. The van der Waals surface area contributed by atoms with Crippen LogP contribution in [0.25, 0.3) is 10.8 Å². The van der Waals surface area contributed by atoms with Gasteiger partial charge in [0.05, 0.1) is 0 Å². The molecular formula is C15H20N2. The van der Waals surface area contributed by atoms with E-state index in [-0.39, 0.29) is 0 Å². The Hall–Kier alpha value is -1.38. The Kier molecular flexibility index (Phi) is 4.13. The molecule has 0 saturated carbocycles. The first-order chi connectivity index (χ1) is 8.29. The number of fused-ring (bicyclic) bond motifs is 1. The number of rotatable bonds is 5. The number of hydrogen-bond donors (Lipinski definition) is 2. The summed E-state index contributed by atoms with van der Waals surface area (Å²) in [6, 6.07) is 15.5. The van der Waals surface area contributed by atoms with Crippen LogP contribution in [0.3, 0.4) is 0 Å². The molecule has 0 fully saturated rings. The molecule has 0 aliphatic rings. The second-order valence-electron chi connectivity index (χ2n) is 4.52. The first-order valence-electron chi connectivity index (χ1n) is 6.21. The lowest BCUT2D eigenvalue weighted by Crippen LogP contribution is -2.34. The van der Waals surface area contributed by atoms with E-state index in [0.717, 1.165) is 13.0 Å². The van der Waals surface area contributed by atoms with Gasteiger partial charge < -0.3 is 11.1 Å². The molecular weight excluding hydrogens is 208 g/mol. The summed E-state index contributed by atoms with van der Waals surface area (Å²) in [4.78, 5) is 0. The van der Waals surface area contributed by atoms with Crippen LogP contribution in [0.5, 0.6) is 0 Å². The number of nitrogens with two attached hydrogens (primary N) is 1. The van der Waals surface area contributed by atoms with Crippen molar-refractivity contribution in [2.24, 2.45) is 5.73 Å². The zero-order chi connectivity index (χ0) is 12.1. The van der Waals surface area contributed by atoms with Crippen LogP contribution in [0, 0.1) is 0 Å². The van der Waals surface area contributed by atoms with E-state index in [1.54, 1.807) is 0 Å². The maximum absolute atomic E-state index is 5.56. The summed E-state index contributed by atoms with van der Waals surface area (Å²) in [5, 5.41) is 6.03. The zero-order valence-corrected chi connectivity index (χ0v) is 10.3.